The second-order valence-corrected chi connectivity index (χ2v) is 6.04. The Kier molecular flexibility index (Phi) is 4.98. The van der Waals surface area contributed by atoms with Crippen LogP contribution in [0.5, 0.6) is 5.75 Å². The first-order valence-corrected chi connectivity index (χ1v) is 8.14. The Hall–Kier alpha value is -1.85. The fraction of sp³-hybridized carbons (Fsp3) is 0.500. The van der Waals surface area contributed by atoms with E-state index in [1.807, 2.05) is 18.3 Å². The van der Waals surface area contributed by atoms with E-state index >= 15 is 0 Å². The highest BCUT2D eigenvalue weighted by Crippen LogP contribution is 2.29. The summed E-state index contributed by atoms with van der Waals surface area (Å²) in [6.07, 6.45) is 2.02. The van der Waals surface area contributed by atoms with Gasteiger partial charge in [0.25, 0.3) is 0 Å². The molecule has 0 saturated carbocycles. The molecule has 0 radical (unpaired) electrons. The highest BCUT2D eigenvalue weighted by Gasteiger charge is 2.29. The monoisotopic (exact) mass is 315 g/mol. The summed E-state index contributed by atoms with van der Waals surface area (Å²) in [6, 6.07) is 8.31. The first-order chi connectivity index (χ1) is 11.2. The lowest BCUT2D eigenvalue weighted by atomic mass is 9.96. The average Bonchev–Trinajstić information content (AvgIpc) is 2.99. The molecule has 1 aliphatic rings. The predicted molar refractivity (Wildman–Crippen MR) is 89.6 cm³/mol. The van der Waals surface area contributed by atoms with Crippen molar-refractivity contribution in [1.29, 1.82) is 0 Å². The van der Waals surface area contributed by atoms with E-state index in [-0.39, 0.29) is 0 Å². The zero-order valence-corrected chi connectivity index (χ0v) is 14.2. The molecule has 2 heterocycles. The van der Waals surface area contributed by atoms with Crippen LogP contribution in [0.4, 0.5) is 0 Å². The Balaban J connectivity index is 1.76. The Bertz CT molecular complexity index is 636. The van der Waals surface area contributed by atoms with E-state index in [0.29, 0.717) is 5.92 Å². The van der Waals surface area contributed by atoms with Crippen molar-refractivity contribution in [3.63, 3.8) is 0 Å². The number of methoxy groups -OCH3 is 2. The molecule has 0 bridgehead atoms. The van der Waals surface area contributed by atoms with Crippen LogP contribution in [-0.4, -0.2) is 42.1 Å². The molecule has 1 aliphatic heterocycles. The normalized spacial score (nSPS) is 18.0. The quantitative estimate of drug-likeness (QED) is 0.821. The van der Waals surface area contributed by atoms with Crippen LogP contribution in [0, 0.1) is 0 Å². The van der Waals surface area contributed by atoms with Crippen LogP contribution >= 0.6 is 0 Å². The molecule has 2 aromatic rings. The Morgan fingerprint density at radius 3 is 2.65 bits per heavy atom. The second-order valence-electron chi connectivity index (χ2n) is 6.04. The molecular formula is C18H25N3O2. The molecule has 1 aromatic carbocycles. The average molecular weight is 315 g/mol. The number of ether oxygens (including phenoxy) is 2. The predicted octanol–water partition coefficient (Wildman–Crippen LogP) is 2.66. The van der Waals surface area contributed by atoms with Crippen LogP contribution in [0.2, 0.25) is 0 Å². The van der Waals surface area contributed by atoms with Gasteiger partial charge in [0.05, 0.1) is 19.9 Å². The van der Waals surface area contributed by atoms with Gasteiger partial charge < -0.3 is 9.47 Å². The summed E-state index contributed by atoms with van der Waals surface area (Å²) < 4.78 is 12.8. The van der Waals surface area contributed by atoms with E-state index in [1.165, 1.54) is 16.8 Å². The molecule has 124 valence electrons. The van der Waals surface area contributed by atoms with Crippen molar-refractivity contribution in [3.8, 4) is 5.75 Å². The lowest BCUT2D eigenvalue weighted by Gasteiger charge is -2.33. The molecule has 0 aliphatic carbocycles. The standard InChI is InChI=1S/C18H25N3O2/c1-4-21-18-15(9-19-21)11-20(12-16(18)13-22-2)10-14-5-7-17(23-3)8-6-14/h5-9,16H,4,10-13H2,1-3H3/t16-/m1/s1. The van der Waals surface area contributed by atoms with Gasteiger partial charge in [-0.15, -0.1) is 0 Å². The van der Waals surface area contributed by atoms with E-state index in [2.05, 4.69) is 33.7 Å². The van der Waals surface area contributed by atoms with E-state index in [9.17, 15) is 0 Å². The van der Waals surface area contributed by atoms with Gasteiger partial charge in [-0.3, -0.25) is 9.58 Å². The SMILES string of the molecule is CCn1ncc2c1[C@@H](COC)CN(Cc1ccc(OC)cc1)C2. The number of nitrogens with zero attached hydrogens (tertiary/aromatic N) is 3. The molecule has 23 heavy (non-hydrogen) atoms. The van der Waals surface area contributed by atoms with Crippen molar-refractivity contribution in [2.24, 2.45) is 0 Å². The molecule has 0 amide bonds. The minimum atomic E-state index is 0.379. The topological polar surface area (TPSA) is 39.5 Å². The second kappa shape index (κ2) is 7.15. The third kappa shape index (κ3) is 3.41. The highest BCUT2D eigenvalue weighted by molar-refractivity contribution is 5.29. The third-order valence-electron chi connectivity index (χ3n) is 4.45. The van der Waals surface area contributed by atoms with Gasteiger partial charge in [0.15, 0.2) is 0 Å². The molecule has 5 heteroatoms. The van der Waals surface area contributed by atoms with Crippen LogP contribution in [0.1, 0.15) is 29.7 Å². The zero-order valence-electron chi connectivity index (χ0n) is 14.2. The third-order valence-corrected chi connectivity index (χ3v) is 4.45. The molecule has 1 atom stereocenters. The largest absolute Gasteiger partial charge is 0.497 e. The van der Waals surface area contributed by atoms with Crippen molar-refractivity contribution in [1.82, 2.24) is 14.7 Å². The number of aryl methyl sites for hydroxylation is 1. The highest BCUT2D eigenvalue weighted by atomic mass is 16.5. The van der Waals surface area contributed by atoms with Crippen LogP contribution in [0.3, 0.4) is 0 Å². The molecule has 1 aromatic heterocycles. The number of aromatic nitrogens is 2. The van der Waals surface area contributed by atoms with Gasteiger partial charge in [-0.25, -0.2) is 0 Å². The van der Waals surface area contributed by atoms with Crippen molar-refractivity contribution in [2.45, 2.75) is 32.5 Å². The van der Waals surface area contributed by atoms with Gasteiger partial charge in [-0.2, -0.15) is 5.10 Å². The fourth-order valence-corrected chi connectivity index (χ4v) is 3.43. The lowest BCUT2D eigenvalue weighted by Crippen LogP contribution is -2.35. The molecule has 0 unspecified atom stereocenters. The molecule has 0 N–H and O–H groups in total. The van der Waals surface area contributed by atoms with Gasteiger partial charge in [-0.1, -0.05) is 12.1 Å². The van der Waals surface area contributed by atoms with Gasteiger partial charge in [0.2, 0.25) is 0 Å². The maximum Gasteiger partial charge on any atom is 0.118 e. The van der Waals surface area contributed by atoms with E-state index in [4.69, 9.17) is 9.47 Å². The maximum atomic E-state index is 5.45. The van der Waals surface area contributed by atoms with Crippen molar-refractivity contribution in [3.05, 3.63) is 47.3 Å². The van der Waals surface area contributed by atoms with Crippen LogP contribution in [0.25, 0.3) is 0 Å². The number of fused-ring (bicyclic) bond motifs is 1. The maximum absolute atomic E-state index is 5.45. The smallest absolute Gasteiger partial charge is 0.118 e. The van der Waals surface area contributed by atoms with Crippen molar-refractivity contribution < 1.29 is 9.47 Å². The Morgan fingerprint density at radius 1 is 1.22 bits per heavy atom. The minimum absolute atomic E-state index is 0.379. The van der Waals surface area contributed by atoms with Crippen LogP contribution in [-0.2, 0) is 24.4 Å². The minimum Gasteiger partial charge on any atom is -0.497 e. The fourth-order valence-electron chi connectivity index (χ4n) is 3.43. The molecule has 0 saturated heterocycles. The van der Waals surface area contributed by atoms with Gasteiger partial charge >= 0.3 is 0 Å². The summed E-state index contributed by atoms with van der Waals surface area (Å²) >= 11 is 0. The van der Waals surface area contributed by atoms with Crippen molar-refractivity contribution in [2.75, 3.05) is 27.4 Å². The van der Waals surface area contributed by atoms with Gasteiger partial charge in [0.1, 0.15) is 5.75 Å². The Labute approximate surface area is 137 Å². The summed E-state index contributed by atoms with van der Waals surface area (Å²) in [5, 5.41) is 4.53. The first-order valence-electron chi connectivity index (χ1n) is 8.14. The number of hydrogen-bond acceptors (Lipinski definition) is 4. The van der Waals surface area contributed by atoms with Crippen molar-refractivity contribution >= 4 is 0 Å². The number of rotatable bonds is 6. The molecule has 3 rings (SSSR count). The molecular weight excluding hydrogens is 290 g/mol. The van der Waals surface area contributed by atoms with Gasteiger partial charge in [0, 0.05) is 50.5 Å². The molecule has 0 fully saturated rings. The lowest BCUT2D eigenvalue weighted by molar-refractivity contribution is 0.132. The Morgan fingerprint density at radius 2 is 2.00 bits per heavy atom. The van der Waals surface area contributed by atoms with E-state index < -0.39 is 0 Å². The van der Waals surface area contributed by atoms with E-state index in [0.717, 1.165) is 38.5 Å². The summed E-state index contributed by atoms with van der Waals surface area (Å²) in [6.45, 7) is 6.66. The van der Waals surface area contributed by atoms with E-state index in [1.54, 1.807) is 14.2 Å². The van der Waals surface area contributed by atoms with Gasteiger partial charge in [-0.05, 0) is 24.6 Å². The summed E-state index contributed by atoms with van der Waals surface area (Å²) in [5.74, 6) is 1.28. The zero-order chi connectivity index (χ0) is 16.2. The summed E-state index contributed by atoms with van der Waals surface area (Å²) in [5.41, 5.74) is 3.97. The first kappa shape index (κ1) is 16.0. The molecule has 5 nitrogen and oxygen atoms in total. The summed E-state index contributed by atoms with van der Waals surface area (Å²) in [7, 11) is 3.47. The van der Waals surface area contributed by atoms with Crippen LogP contribution < -0.4 is 4.74 Å². The molecule has 0 spiro atoms. The number of benzene rings is 1. The summed E-state index contributed by atoms with van der Waals surface area (Å²) in [4.78, 5) is 2.47. The van der Waals surface area contributed by atoms with Crippen LogP contribution in [0.15, 0.2) is 30.5 Å². The number of hydrogen-bond donors (Lipinski definition) is 0.